The molecule has 2 aliphatic heterocycles. The summed E-state index contributed by atoms with van der Waals surface area (Å²) in [6.45, 7) is 6.92. The Morgan fingerprint density at radius 2 is 1.76 bits per heavy atom. The van der Waals surface area contributed by atoms with E-state index in [1.165, 1.54) is 0 Å². The zero-order valence-electron chi connectivity index (χ0n) is 26.3. The Morgan fingerprint density at radius 3 is 2.47 bits per heavy atom. The normalized spacial score (nSPS) is 18.6. The van der Waals surface area contributed by atoms with Gasteiger partial charge in [0.2, 0.25) is 23.6 Å². The number of hydrogen-bond acceptors (Lipinski definition) is 6. The van der Waals surface area contributed by atoms with E-state index in [0.29, 0.717) is 63.7 Å². The SMILES string of the molecule is CC(NC(=O)Cc1ccccc1)C(CCC(=O)N1CCOCC1)C(C)C(=O)N1CCCC1C(=O)NCc1cc(Cl)ccc1CN. The number of hydrogen-bond donors (Lipinski definition) is 3. The van der Waals surface area contributed by atoms with E-state index < -0.39 is 12.0 Å². The van der Waals surface area contributed by atoms with Gasteiger partial charge in [-0.25, -0.2) is 0 Å². The molecule has 2 aromatic carbocycles. The van der Waals surface area contributed by atoms with E-state index in [4.69, 9.17) is 22.1 Å². The Labute approximate surface area is 271 Å². The number of carbonyl (C=O) groups excluding carboxylic acids is 4. The van der Waals surface area contributed by atoms with E-state index in [0.717, 1.165) is 16.7 Å². The van der Waals surface area contributed by atoms with Crippen LogP contribution in [0.2, 0.25) is 5.02 Å². The van der Waals surface area contributed by atoms with Gasteiger partial charge in [-0.05, 0) is 60.9 Å². The van der Waals surface area contributed by atoms with Gasteiger partial charge in [-0.3, -0.25) is 19.2 Å². The molecule has 0 bridgehead atoms. The van der Waals surface area contributed by atoms with Crippen molar-refractivity contribution < 1.29 is 23.9 Å². The maximum atomic E-state index is 14.0. The molecule has 0 aromatic heterocycles. The van der Waals surface area contributed by atoms with Crippen molar-refractivity contribution in [3.05, 3.63) is 70.2 Å². The van der Waals surface area contributed by atoms with Crippen LogP contribution in [0.1, 0.15) is 56.2 Å². The van der Waals surface area contributed by atoms with Gasteiger partial charge in [0.1, 0.15) is 6.04 Å². The first-order valence-electron chi connectivity index (χ1n) is 15.9. The van der Waals surface area contributed by atoms with Crippen LogP contribution >= 0.6 is 11.6 Å². The third-order valence-corrected chi connectivity index (χ3v) is 9.24. The first-order valence-corrected chi connectivity index (χ1v) is 16.3. The number of halogens is 1. The lowest BCUT2D eigenvalue weighted by Crippen LogP contribution is -2.51. The number of amides is 4. The fourth-order valence-corrected chi connectivity index (χ4v) is 6.59. The average Bonchev–Trinajstić information content (AvgIpc) is 3.54. The van der Waals surface area contributed by atoms with Gasteiger partial charge in [0.25, 0.3) is 0 Å². The second-order valence-corrected chi connectivity index (χ2v) is 12.5. The zero-order valence-corrected chi connectivity index (χ0v) is 27.1. The number of likely N-dealkylation sites (tertiary alicyclic amines) is 1. The summed E-state index contributed by atoms with van der Waals surface area (Å²) in [5.41, 5.74) is 8.50. The number of benzene rings is 2. The summed E-state index contributed by atoms with van der Waals surface area (Å²) in [5, 5.41) is 6.63. The van der Waals surface area contributed by atoms with Crippen molar-refractivity contribution in [3.63, 3.8) is 0 Å². The van der Waals surface area contributed by atoms with Crippen LogP contribution in [-0.2, 0) is 43.4 Å². The fourth-order valence-electron chi connectivity index (χ4n) is 6.39. The monoisotopic (exact) mass is 639 g/mol. The highest BCUT2D eigenvalue weighted by atomic mass is 35.5. The van der Waals surface area contributed by atoms with Crippen LogP contribution in [0.15, 0.2) is 48.5 Å². The molecule has 11 heteroatoms. The molecule has 45 heavy (non-hydrogen) atoms. The zero-order chi connectivity index (χ0) is 32.3. The summed E-state index contributed by atoms with van der Waals surface area (Å²) in [6, 6.07) is 13.9. The van der Waals surface area contributed by atoms with Crippen molar-refractivity contribution in [2.75, 3.05) is 32.8 Å². The highest BCUT2D eigenvalue weighted by Gasteiger charge is 2.39. The number of nitrogens with one attached hydrogen (secondary N) is 2. The molecule has 0 saturated carbocycles. The lowest BCUT2D eigenvalue weighted by molar-refractivity contribution is -0.143. The van der Waals surface area contributed by atoms with Crippen molar-refractivity contribution in [3.8, 4) is 0 Å². The predicted octanol–water partition coefficient (Wildman–Crippen LogP) is 3.04. The molecule has 2 fully saturated rings. The number of rotatable bonds is 13. The molecule has 4 amide bonds. The fraction of sp³-hybridized carbons (Fsp3) is 0.529. The van der Waals surface area contributed by atoms with Gasteiger partial charge >= 0.3 is 0 Å². The minimum atomic E-state index is -0.598. The molecule has 2 heterocycles. The van der Waals surface area contributed by atoms with Crippen molar-refractivity contribution in [1.82, 2.24) is 20.4 Å². The van der Waals surface area contributed by atoms with E-state index in [2.05, 4.69) is 10.6 Å². The summed E-state index contributed by atoms with van der Waals surface area (Å²) < 4.78 is 5.39. The molecule has 4 unspecified atom stereocenters. The molecule has 244 valence electrons. The van der Waals surface area contributed by atoms with Crippen molar-refractivity contribution in [2.24, 2.45) is 17.6 Å². The van der Waals surface area contributed by atoms with Gasteiger partial charge in [-0.15, -0.1) is 0 Å². The minimum absolute atomic E-state index is 0.0158. The van der Waals surface area contributed by atoms with E-state index in [-0.39, 0.29) is 55.0 Å². The van der Waals surface area contributed by atoms with Gasteiger partial charge in [0.05, 0.1) is 19.6 Å². The van der Waals surface area contributed by atoms with Crippen LogP contribution < -0.4 is 16.4 Å². The Balaban J connectivity index is 1.43. The molecule has 0 spiro atoms. The summed E-state index contributed by atoms with van der Waals surface area (Å²) >= 11 is 6.17. The predicted molar refractivity (Wildman–Crippen MR) is 173 cm³/mol. The average molecular weight is 640 g/mol. The lowest BCUT2D eigenvalue weighted by atomic mass is 9.82. The van der Waals surface area contributed by atoms with Gasteiger partial charge in [0, 0.05) is 56.1 Å². The highest BCUT2D eigenvalue weighted by Crippen LogP contribution is 2.28. The summed E-state index contributed by atoms with van der Waals surface area (Å²) in [4.78, 5) is 56.9. The molecule has 2 saturated heterocycles. The molecule has 10 nitrogen and oxygen atoms in total. The maximum absolute atomic E-state index is 14.0. The van der Waals surface area contributed by atoms with E-state index in [1.807, 2.05) is 50.2 Å². The third kappa shape index (κ3) is 9.51. The van der Waals surface area contributed by atoms with Gasteiger partial charge < -0.3 is 30.9 Å². The Kier molecular flexibility index (Phi) is 12.8. The van der Waals surface area contributed by atoms with Gasteiger partial charge in [-0.1, -0.05) is 54.9 Å². The van der Waals surface area contributed by atoms with Gasteiger partial charge in [-0.2, -0.15) is 0 Å². The van der Waals surface area contributed by atoms with Crippen molar-refractivity contribution in [2.45, 2.75) is 71.1 Å². The molecule has 0 aliphatic carbocycles. The standard InChI is InChI=1S/C34H46ClN5O5/c1-23(34(44)40-14-6-9-30(40)33(43)37-22-27-20-28(35)11-10-26(27)21-36)29(12-13-32(42)39-15-17-45-18-16-39)24(2)38-31(41)19-25-7-4-3-5-8-25/h3-5,7-8,10-11,20,23-24,29-30H,6,9,12-19,21-22,36H2,1-2H3,(H,37,43)(H,38,41). The Morgan fingerprint density at radius 1 is 1.02 bits per heavy atom. The number of carbonyl (C=O) groups is 4. The first kappa shape index (κ1) is 34.4. The smallest absolute Gasteiger partial charge is 0.243 e. The van der Waals surface area contributed by atoms with E-state index >= 15 is 0 Å². The topological polar surface area (TPSA) is 134 Å². The van der Waals surface area contributed by atoms with Crippen LogP contribution in [0.25, 0.3) is 0 Å². The van der Waals surface area contributed by atoms with Crippen LogP contribution in [0.3, 0.4) is 0 Å². The summed E-state index contributed by atoms with van der Waals surface area (Å²) in [5.74, 6) is -1.34. The van der Waals surface area contributed by atoms with Crippen LogP contribution in [0.5, 0.6) is 0 Å². The summed E-state index contributed by atoms with van der Waals surface area (Å²) in [6.07, 6.45) is 2.18. The largest absolute Gasteiger partial charge is 0.378 e. The van der Waals surface area contributed by atoms with Gasteiger partial charge in [0.15, 0.2) is 0 Å². The van der Waals surface area contributed by atoms with Crippen LogP contribution in [-0.4, -0.2) is 78.4 Å². The number of nitrogens with zero attached hydrogens (tertiary/aromatic N) is 2. The quantitative estimate of drug-likeness (QED) is 0.309. The molecule has 4 rings (SSSR count). The molecule has 4 N–H and O–H groups in total. The van der Waals surface area contributed by atoms with Crippen molar-refractivity contribution in [1.29, 1.82) is 0 Å². The van der Waals surface area contributed by atoms with Crippen LogP contribution in [0.4, 0.5) is 0 Å². The second-order valence-electron chi connectivity index (χ2n) is 12.0. The molecule has 0 radical (unpaired) electrons. The highest BCUT2D eigenvalue weighted by molar-refractivity contribution is 6.30. The number of morpholine rings is 1. The number of ether oxygens (including phenoxy) is 1. The van der Waals surface area contributed by atoms with E-state index in [1.54, 1.807) is 21.9 Å². The minimum Gasteiger partial charge on any atom is -0.378 e. The molecular formula is C34H46ClN5O5. The summed E-state index contributed by atoms with van der Waals surface area (Å²) in [7, 11) is 0. The molecular weight excluding hydrogens is 594 g/mol. The Bertz CT molecular complexity index is 1320. The van der Waals surface area contributed by atoms with Crippen molar-refractivity contribution >= 4 is 35.2 Å². The number of nitrogens with two attached hydrogens (primary N) is 1. The first-order chi connectivity index (χ1) is 21.7. The third-order valence-electron chi connectivity index (χ3n) is 9.01. The van der Waals surface area contributed by atoms with Crippen LogP contribution in [0, 0.1) is 11.8 Å². The lowest BCUT2D eigenvalue weighted by Gasteiger charge is -2.34. The molecule has 4 atom stereocenters. The molecule has 2 aromatic rings. The molecule has 2 aliphatic rings. The maximum Gasteiger partial charge on any atom is 0.243 e. The Hall–Kier alpha value is -3.47. The van der Waals surface area contributed by atoms with E-state index in [9.17, 15) is 19.2 Å². The second kappa shape index (κ2) is 16.7.